The fraction of sp³-hybridized carbons (Fsp3) is 0.125. The third kappa shape index (κ3) is 2.85. The predicted octanol–water partition coefficient (Wildman–Crippen LogP) is 4.66. The van der Waals surface area contributed by atoms with Crippen molar-refractivity contribution >= 4 is 18.2 Å². The van der Waals surface area contributed by atoms with Gasteiger partial charge in [-0.2, -0.15) is 4.90 Å². The van der Waals surface area contributed by atoms with E-state index in [9.17, 15) is 14.4 Å². The van der Waals surface area contributed by atoms with Gasteiger partial charge in [0.15, 0.2) is 6.04 Å². The minimum absolute atomic E-state index is 0.0480. The highest BCUT2D eigenvalue weighted by atomic mass is 16.6. The number of rotatable bonds is 3. The van der Waals surface area contributed by atoms with Crippen molar-refractivity contribution in [3.63, 3.8) is 0 Å². The lowest BCUT2D eigenvalue weighted by molar-refractivity contribution is -0.136. The number of hydrogen-bond donors (Lipinski definition) is 0. The van der Waals surface area contributed by atoms with Gasteiger partial charge in [0.05, 0.1) is 0 Å². The van der Waals surface area contributed by atoms with Crippen molar-refractivity contribution in [1.82, 2.24) is 4.90 Å². The summed E-state index contributed by atoms with van der Waals surface area (Å²) in [5.74, 6) is -0.939. The predicted molar refractivity (Wildman–Crippen MR) is 108 cm³/mol. The molecule has 2 amide bonds. The van der Waals surface area contributed by atoms with Gasteiger partial charge in [-0.15, -0.1) is 0 Å². The zero-order valence-electron chi connectivity index (χ0n) is 15.9. The van der Waals surface area contributed by atoms with Crippen LogP contribution in [0.3, 0.4) is 0 Å². The number of carbonyl (C=O) groups excluding carboxylic acids is 3. The van der Waals surface area contributed by atoms with Gasteiger partial charge < -0.3 is 9.47 Å². The molecule has 1 aliphatic carbocycles. The summed E-state index contributed by atoms with van der Waals surface area (Å²) in [6, 6.07) is 23.3. The number of nitrogens with zero attached hydrogens (tertiary/aromatic N) is 1. The van der Waals surface area contributed by atoms with E-state index in [1.165, 1.54) is 0 Å². The van der Waals surface area contributed by atoms with E-state index in [0.29, 0.717) is 5.56 Å². The number of imide groups is 1. The van der Waals surface area contributed by atoms with E-state index >= 15 is 0 Å². The second kappa shape index (κ2) is 7.15. The van der Waals surface area contributed by atoms with E-state index in [-0.39, 0.29) is 12.5 Å². The zero-order valence-corrected chi connectivity index (χ0v) is 15.9. The Morgan fingerprint density at radius 3 is 2.03 bits per heavy atom. The van der Waals surface area contributed by atoms with Gasteiger partial charge in [0.2, 0.25) is 0 Å². The van der Waals surface area contributed by atoms with Gasteiger partial charge in [0.1, 0.15) is 6.61 Å². The first-order chi connectivity index (χ1) is 14.6. The Labute approximate surface area is 172 Å². The molecule has 1 heterocycles. The quantitative estimate of drug-likeness (QED) is 0.473. The van der Waals surface area contributed by atoms with Crippen molar-refractivity contribution in [2.75, 3.05) is 6.61 Å². The van der Waals surface area contributed by atoms with Gasteiger partial charge in [-0.1, -0.05) is 78.9 Å². The van der Waals surface area contributed by atoms with Crippen LogP contribution < -0.4 is 0 Å². The second-order valence-electron chi connectivity index (χ2n) is 7.17. The molecule has 0 bridgehead atoms. The van der Waals surface area contributed by atoms with Crippen LogP contribution in [-0.2, 0) is 14.3 Å². The van der Waals surface area contributed by atoms with Crippen molar-refractivity contribution in [1.29, 1.82) is 0 Å². The van der Waals surface area contributed by atoms with Gasteiger partial charge in [-0.25, -0.2) is 14.4 Å². The van der Waals surface area contributed by atoms with Crippen LogP contribution in [0.2, 0.25) is 0 Å². The number of amides is 2. The smallest absolute Gasteiger partial charge is 0.428 e. The van der Waals surface area contributed by atoms with Crippen LogP contribution in [0.15, 0.2) is 78.9 Å². The van der Waals surface area contributed by atoms with Crippen molar-refractivity contribution in [3.8, 4) is 11.1 Å². The minimum atomic E-state index is -1.14. The van der Waals surface area contributed by atoms with Gasteiger partial charge in [0, 0.05) is 5.92 Å². The van der Waals surface area contributed by atoms with Crippen molar-refractivity contribution in [3.05, 3.63) is 95.6 Å². The van der Waals surface area contributed by atoms with Gasteiger partial charge in [0.25, 0.3) is 0 Å². The molecular formula is C24H17NO5. The van der Waals surface area contributed by atoms with E-state index < -0.39 is 24.2 Å². The monoisotopic (exact) mass is 399 g/mol. The van der Waals surface area contributed by atoms with Crippen LogP contribution in [0.25, 0.3) is 11.1 Å². The molecule has 0 saturated carbocycles. The lowest BCUT2D eigenvalue weighted by Crippen LogP contribution is -2.36. The fourth-order valence-electron chi connectivity index (χ4n) is 4.17. The lowest BCUT2D eigenvalue weighted by atomic mass is 9.98. The van der Waals surface area contributed by atoms with Crippen molar-refractivity contribution < 1.29 is 23.9 Å². The molecule has 6 heteroatoms. The molecule has 1 unspecified atom stereocenters. The van der Waals surface area contributed by atoms with E-state index in [2.05, 4.69) is 0 Å². The number of ether oxygens (including phenoxy) is 2. The summed E-state index contributed by atoms with van der Waals surface area (Å²) in [6.45, 7) is 0.0480. The second-order valence-corrected chi connectivity index (χ2v) is 7.17. The first-order valence-corrected chi connectivity index (χ1v) is 9.60. The minimum Gasteiger partial charge on any atom is -0.448 e. The summed E-state index contributed by atoms with van der Waals surface area (Å²) >= 11 is 0. The van der Waals surface area contributed by atoms with Gasteiger partial charge in [-0.3, -0.25) is 0 Å². The number of fused-ring (bicyclic) bond motifs is 3. The highest BCUT2D eigenvalue weighted by Crippen LogP contribution is 2.44. The summed E-state index contributed by atoms with van der Waals surface area (Å²) < 4.78 is 10.2. The molecule has 0 N–H and O–H groups in total. The Hall–Kier alpha value is -3.93. The molecule has 3 aromatic carbocycles. The molecule has 2 aliphatic rings. The third-order valence-electron chi connectivity index (χ3n) is 5.51. The maximum Gasteiger partial charge on any atom is 0.428 e. The van der Waals surface area contributed by atoms with Gasteiger partial charge >= 0.3 is 18.2 Å². The first kappa shape index (κ1) is 18.1. The van der Waals surface area contributed by atoms with Crippen molar-refractivity contribution in [2.45, 2.75) is 12.0 Å². The molecule has 1 saturated heterocycles. The highest BCUT2D eigenvalue weighted by molar-refractivity contribution is 6.04. The molecule has 148 valence electrons. The molecule has 0 radical (unpaired) electrons. The van der Waals surface area contributed by atoms with Crippen LogP contribution in [-0.4, -0.2) is 29.7 Å². The number of cyclic esters (lactones) is 2. The Kier molecular flexibility index (Phi) is 4.32. The average molecular weight is 399 g/mol. The standard InChI is InChI=1S/C24H17NO5/c26-22-21(15-8-2-1-3-9-15)25(24(28)30-22)23(27)29-14-20-18-12-6-4-10-16(18)17-11-5-7-13-19(17)20/h1-13,20-21H,14H2. The van der Waals surface area contributed by atoms with Crippen LogP contribution in [0, 0.1) is 0 Å². The first-order valence-electron chi connectivity index (χ1n) is 9.60. The van der Waals surface area contributed by atoms with E-state index in [1.54, 1.807) is 30.3 Å². The maximum absolute atomic E-state index is 12.8. The fourth-order valence-corrected chi connectivity index (χ4v) is 4.17. The van der Waals surface area contributed by atoms with E-state index in [1.807, 2.05) is 48.5 Å². The molecule has 30 heavy (non-hydrogen) atoms. The summed E-state index contributed by atoms with van der Waals surface area (Å²) in [7, 11) is 0. The zero-order chi connectivity index (χ0) is 20.7. The Morgan fingerprint density at radius 2 is 1.40 bits per heavy atom. The van der Waals surface area contributed by atoms with Crippen LogP contribution >= 0.6 is 0 Å². The van der Waals surface area contributed by atoms with Crippen molar-refractivity contribution in [2.24, 2.45) is 0 Å². The van der Waals surface area contributed by atoms with E-state index in [0.717, 1.165) is 27.2 Å². The maximum atomic E-state index is 12.8. The van der Waals surface area contributed by atoms with Crippen LogP contribution in [0.4, 0.5) is 9.59 Å². The lowest BCUT2D eigenvalue weighted by Gasteiger charge is -2.20. The summed E-state index contributed by atoms with van der Waals surface area (Å²) in [5, 5.41) is 0. The number of carbonyl (C=O) groups is 3. The molecular weight excluding hydrogens is 382 g/mol. The van der Waals surface area contributed by atoms with Crippen LogP contribution in [0.1, 0.15) is 28.7 Å². The largest absolute Gasteiger partial charge is 0.448 e. The average Bonchev–Trinajstić information content (AvgIpc) is 3.26. The number of esters is 1. The van der Waals surface area contributed by atoms with Crippen LogP contribution in [0.5, 0.6) is 0 Å². The summed E-state index contributed by atoms with van der Waals surface area (Å²) in [4.78, 5) is 37.9. The third-order valence-corrected chi connectivity index (χ3v) is 5.51. The molecule has 1 aliphatic heterocycles. The summed E-state index contributed by atoms with van der Waals surface area (Å²) in [6.07, 6.45) is -1.92. The Bertz CT molecular complexity index is 1110. The van der Waals surface area contributed by atoms with Gasteiger partial charge in [-0.05, 0) is 27.8 Å². The molecule has 0 spiro atoms. The Balaban J connectivity index is 1.40. The molecule has 1 atom stereocenters. The molecule has 5 rings (SSSR count). The number of hydrogen-bond acceptors (Lipinski definition) is 5. The summed E-state index contributed by atoms with van der Waals surface area (Å²) in [5.41, 5.74) is 4.82. The Morgan fingerprint density at radius 1 is 0.833 bits per heavy atom. The number of benzene rings is 3. The SMILES string of the molecule is O=C1OC(=O)N(C(=O)OCC2c3ccccc3-c3ccccc32)C1c1ccccc1. The normalized spacial score (nSPS) is 17.5. The molecule has 3 aromatic rings. The van der Waals surface area contributed by atoms with E-state index in [4.69, 9.17) is 9.47 Å². The molecule has 6 nitrogen and oxygen atoms in total. The molecule has 0 aromatic heterocycles. The topological polar surface area (TPSA) is 72.9 Å². The highest BCUT2D eigenvalue weighted by Gasteiger charge is 2.47. The molecule has 1 fully saturated rings.